The van der Waals surface area contributed by atoms with Crippen molar-refractivity contribution in [2.75, 3.05) is 13.2 Å². The average molecular weight is 337 g/mol. The maximum absolute atomic E-state index is 12.1. The molecule has 3 aromatic rings. The van der Waals surface area contributed by atoms with E-state index in [4.69, 9.17) is 9.47 Å². The maximum atomic E-state index is 12.1. The summed E-state index contributed by atoms with van der Waals surface area (Å²) in [6, 6.07) is 13.6. The lowest BCUT2D eigenvalue weighted by molar-refractivity contribution is -0.121. The number of aromatic amines is 1. The Labute approximate surface area is 145 Å². The van der Waals surface area contributed by atoms with Gasteiger partial charge in [0.15, 0.2) is 11.5 Å². The van der Waals surface area contributed by atoms with Crippen molar-refractivity contribution in [2.45, 2.75) is 19.4 Å². The monoisotopic (exact) mass is 337 g/mol. The number of aryl methyl sites for hydroxylation is 1. The predicted molar refractivity (Wildman–Crippen MR) is 93.7 cm³/mol. The van der Waals surface area contributed by atoms with Crippen LogP contribution in [0.15, 0.2) is 42.5 Å². The highest BCUT2D eigenvalue weighted by molar-refractivity contribution is 5.77. The lowest BCUT2D eigenvalue weighted by atomic mass is 10.2. The predicted octanol–water partition coefficient (Wildman–Crippen LogP) is 2.58. The number of H-pyrrole nitrogens is 1. The van der Waals surface area contributed by atoms with Crippen LogP contribution >= 0.6 is 0 Å². The molecule has 6 heteroatoms. The summed E-state index contributed by atoms with van der Waals surface area (Å²) in [5.74, 6) is 2.32. The molecule has 2 heterocycles. The summed E-state index contributed by atoms with van der Waals surface area (Å²) in [5.41, 5.74) is 2.91. The van der Waals surface area contributed by atoms with Crippen LogP contribution in [0.1, 0.15) is 17.8 Å². The summed E-state index contributed by atoms with van der Waals surface area (Å²) in [7, 11) is 0. The number of imidazole rings is 1. The molecule has 2 aromatic carbocycles. The third-order valence-electron chi connectivity index (χ3n) is 4.12. The lowest BCUT2D eigenvalue weighted by Crippen LogP contribution is -2.23. The molecule has 1 amide bonds. The number of para-hydroxylation sites is 2. The number of fused-ring (bicyclic) bond motifs is 2. The molecule has 6 nitrogen and oxygen atoms in total. The number of nitrogens with zero attached hydrogens (tertiary/aromatic N) is 1. The van der Waals surface area contributed by atoms with Gasteiger partial charge in [-0.1, -0.05) is 18.2 Å². The molecule has 0 fully saturated rings. The third kappa shape index (κ3) is 3.57. The first kappa shape index (κ1) is 15.5. The number of nitrogens with one attached hydrogen (secondary N) is 2. The third-order valence-corrected chi connectivity index (χ3v) is 4.12. The normalized spacial score (nSPS) is 13.0. The van der Waals surface area contributed by atoms with E-state index in [-0.39, 0.29) is 5.91 Å². The van der Waals surface area contributed by atoms with Gasteiger partial charge in [0.05, 0.1) is 11.0 Å². The SMILES string of the molecule is O=C(CCc1nc2ccccc2[nH]1)NCc1ccc2c(c1)OCCO2. The van der Waals surface area contributed by atoms with Gasteiger partial charge in [0.25, 0.3) is 0 Å². The highest BCUT2D eigenvalue weighted by Gasteiger charge is 2.12. The number of carbonyl (C=O) groups is 1. The molecule has 0 atom stereocenters. The first-order chi connectivity index (χ1) is 12.3. The fraction of sp³-hybridized carbons (Fsp3) is 0.263. The molecular weight excluding hydrogens is 318 g/mol. The Hall–Kier alpha value is -3.02. The van der Waals surface area contributed by atoms with Crippen molar-refractivity contribution in [3.8, 4) is 11.5 Å². The zero-order chi connectivity index (χ0) is 17.1. The quantitative estimate of drug-likeness (QED) is 0.750. The van der Waals surface area contributed by atoms with Crippen molar-refractivity contribution in [1.82, 2.24) is 15.3 Å². The van der Waals surface area contributed by atoms with Gasteiger partial charge in [0, 0.05) is 19.4 Å². The van der Waals surface area contributed by atoms with Crippen LogP contribution < -0.4 is 14.8 Å². The minimum absolute atomic E-state index is 0.00431. The number of carbonyl (C=O) groups excluding carboxylic acids is 1. The first-order valence-electron chi connectivity index (χ1n) is 8.37. The molecule has 1 aromatic heterocycles. The van der Waals surface area contributed by atoms with Crippen LogP contribution in [0.4, 0.5) is 0 Å². The Bertz CT molecular complexity index is 871. The van der Waals surface area contributed by atoms with E-state index < -0.39 is 0 Å². The standard InChI is InChI=1S/C19H19N3O3/c23-19(8-7-18-21-14-3-1-2-4-15(14)22-18)20-12-13-5-6-16-17(11-13)25-10-9-24-16/h1-6,11H,7-10,12H2,(H,20,23)(H,21,22). The zero-order valence-electron chi connectivity index (χ0n) is 13.7. The molecule has 25 heavy (non-hydrogen) atoms. The van der Waals surface area contributed by atoms with E-state index in [0.717, 1.165) is 33.9 Å². The average Bonchev–Trinajstić information content (AvgIpc) is 3.07. The second kappa shape index (κ2) is 6.84. The summed E-state index contributed by atoms with van der Waals surface area (Å²) in [4.78, 5) is 19.8. The minimum atomic E-state index is -0.00431. The van der Waals surface area contributed by atoms with Gasteiger partial charge >= 0.3 is 0 Å². The number of amides is 1. The van der Waals surface area contributed by atoms with E-state index in [9.17, 15) is 4.79 Å². The van der Waals surface area contributed by atoms with Crippen molar-refractivity contribution >= 4 is 16.9 Å². The summed E-state index contributed by atoms with van der Waals surface area (Å²) in [5, 5.41) is 2.93. The van der Waals surface area contributed by atoms with Crippen LogP contribution in [0, 0.1) is 0 Å². The molecule has 0 radical (unpaired) electrons. The van der Waals surface area contributed by atoms with Crippen LogP contribution in [-0.4, -0.2) is 29.1 Å². The van der Waals surface area contributed by atoms with Gasteiger partial charge in [0.2, 0.25) is 5.91 Å². The number of hydrogen-bond acceptors (Lipinski definition) is 4. The zero-order valence-corrected chi connectivity index (χ0v) is 13.7. The van der Waals surface area contributed by atoms with Crippen LogP contribution in [0.2, 0.25) is 0 Å². The van der Waals surface area contributed by atoms with Gasteiger partial charge in [-0.05, 0) is 29.8 Å². The van der Waals surface area contributed by atoms with E-state index in [1.54, 1.807) is 0 Å². The smallest absolute Gasteiger partial charge is 0.220 e. The van der Waals surface area contributed by atoms with E-state index in [2.05, 4.69) is 15.3 Å². The fourth-order valence-electron chi connectivity index (χ4n) is 2.84. The van der Waals surface area contributed by atoms with Gasteiger partial charge in [-0.3, -0.25) is 4.79 Å². The minimum Gasteiger partial charge on any atom is -0.486 e. The maximum Gasteiger partial charge on any atom is 0.220 e. The summed E-state index contributed by atoms with van der Waals surface area (Å²) < 4.78 is 11.0. The number of hydrogen-bond donors (Lipinski definition) is 2. The molecule has 0 aliphatic carbocycles. The molecule has 0 saturated heterocycles. The molecule has 1 aliphatic rings. The van der Waals surface area contributed by atoms with Crippen LogP contribution in [0.5, 0.6) is 11.5 Å². The van der Waals surface area contributed by atoms with Gasteiger partial charge in [-0.2, -0.15) is 0 Å². The lowest BCUT2D eigenvalue weighted by Gasteiger charge is -2.18. The second-order valence-corrected chi connectivity index (χ2v) is 5.96. The molecule has 4 rings (SSSR count). The van der Waals surface area contributed by atoms with Crippen molar-refractivity contribution in [3.05, 3.63) is 53.9 Å². The Balaban J connectivity index is 1.30. The fourth-order valence-corrected chi connectivity index (χ4v) is 2.84. The molecule has 1 aliphatic heterocycles. The van der Waals surface area contributed by atoms with Gasteiger partial charge < -0.3 is 19.8 Å². The van der Waals surface area contributed by atoms with E-state index in [1.807, 2.05) is 42.5 Å². The highest BCUT2D eigenvalue weighted by Crippen LogP contribution is 2.30. The number of benzene rings is 2. The van der Waals surface area contributed by atoms with Crippen molar-refractivity contribution in [2.24, 2.45) is 0 Å². The summed E-state index contributed by atoms with van der Waals surface area (Å²) >= 11 is 0. The van der Waals surface area contributed by atoms with E-state index in [1.165, 1.54) is 0 Å². The summed E-state index contributed by atoms with van der Waals surface area (Å²) in [6.45, 7) is 1.60. The van der Waals surface area contributed by atoms with Gasteiger partial charge in [0.1, 0.15) is 19.0 Å². The molecule has 0 unspecified atom stereocenters. The Kier molecular flexibility index (Phi) is 4.24. The number of rotatable bonds is 5. The molecule has 0 saturated carbocycles. The number of ether oxygens (including phenoxy) is 2. The molecule has 0 bridgehead atoms. The molecule has 0 spiro atoms. The van der Waals surface area contributed by atoms with E-state index >= 15 is 0 Å². The van der Waals surface area contributed by atoms with Crippen LogP contribution in [0.3, 0.4) is 0 Å². The Morgan fingerprint density at radius 1 is 1.12 bits per heavy atom. The van der Waals surface area contributed by atoms with E-state index in [0.29, 0.717) is 32.6 Å². The van der Waals surface area contributed by atoms with Gasteiger partial charge in [-0.15, -0.1) is 0 Å². The number of aromatic nitrogens is 2. The van der Waals surface area contributed by atoms with Crippen LogP contribution in [-0.2, 0) is 17.8 Å². The van der Waals surface area contributed by atoms with Gasteiger partial charge in [-0.25, -0.2) is 4.98 Å². The topological polar surface area (TPSA) is 76.2 Å². The van der Waals surface area contributed by atoms with Crippen LogP contribution in [0.25, 0.3) is 11.0 Å². The van der Waals surface area contributed by atoms with Crippen molar-refractivity contribution in [3.63, 3.8) is 0 Å². The first-order valence-corrected chi connectivity index (χ1v) is 8.37. The molecule has 2 N–H and O–H groups in total. The Morgan fingerprint density at radius 2 is 1.96 bits per heavy atom. The second-order valence-electron chi connectivity index (χ2n) is 5.96. The molecule has 128 valence electrons. The summed E-state index contributed by atoms with van der Waals surface area (Å²) in [6.07, 6.45) is 0.978. The molecular formula is C19H19N3O3. The van der Waals surface area contributed by atoms with Crippen molar-refractivity contribution in [1.29, 1.82) is 0 Å². The largest absolute Gasteiger partial charge is 0.486 e. The highest BCUT2D eigenvalue weighted by atomic mass is 16.6. The Morgan fingerprint density at radius 3 is 2.84 bits per heavy atom. The van der Waals surface area contributed by atoms with Crippen molar-refractivity contribution < 1.29 is 14.3 Å².